The smallest absolute Gasteiger partial charge is 0.244 e. The molecule has 1 atom stereocenters. The molecule has 0 amide bonds. The SMILES string of the molecule is CC(c1nc(-c2ccco2)no1)N(C)CCOc1ccc(O)cc1. The number of rotatable bonds is 7. The molecule has 24 heavy (non-hydrogen) atoms. The molecule has 3 rings (SSSR count). The van der Waals surface area contributed by atoms with Crippen molar-refractivity contribution in [2.24, 2.45) is 0 Å². The van der Waals surface area contributed by atoms with Gasteiger partial charge in [-0.05, 0) is 50.4 Å². The highest BCUT2D eigenvalue weighted by Gasteiger charge is 2.20. The number of aromatic hydroxyl groups is 1. The molecule has 0 bridgehead atoms. The molecule has 0 radical (unpaired) electrons. The minimum atomic E-state index is -0.0513. The summed E-state index contributed by atoms with van der Waals surface area (Å²) < 4.78 is 16.2. The number of aromatic nitrogens is 2. The summed E-state index contributed by atoms with van der Waals surface area (Å²) in [6, 6.07) is 10.2. The van der Waals surface area contributed by atoms with E-state index in [9.17, 15) is 5.11 Å². The lowest BCUT2D eigenvalue weighted by molar-refractivity contribution is 0.174. The molecule has 2 aromatic heterocycles. The number of benzene rings is 1. The Kier molecular flexibility index (Phi) is 4.81. The van der Waals surface area contributed by atoms with E-state index in [0.717, 1.165) is 0 Å². The van der Waals surface area contributed by atoms with Crippen molar-refractivity contribution in [1.29, 1.82) is 0 Å². The van der Waals surface area contributed by atoms with Crippen LogP contribution in [0, 0.1) is 0 Å². The lowest BCUT2D eigenvalue weighted by Gasteiger charge is -2.21. The molecule has 1 unspecified atom stereocenters. The monoisotopic (exact) mass is 329 g/mol. The lowest BCUT2D eigenvalue weighted by atomic mass is 10.3. The topological polar surface area (TPSA) is 84.8 Å². The Labute approximate surface area is 139 Å². The van der Waals surface area contributed by atoms with Crippen molar-refractivity contribution in [3.63, 3.8) is 0 Å². The Morgan fingerprint density at radius 1 is 1.25 bits per heavy atom. The van der Waals surface area contributed by atoms with E-state index in [-0.39, 0.29) is 11.8 Å². The van der Waals surface area contributed by atoms with E-state index in [1.165, 1.54) is 0 Å². The zero-order valence-corrected chi connectivity index (χ0v) is 13.5. The number of nitrogens with zero attached hydrogens (tertiary/aromatic N) is 3. The molecule has 0 fully saturated rings. The second-order valence-electron chi connectivity index (χ2n) is 5.43. The fourth-order valence-corrected chi connectivity index (χ4v) is 2.14. The molecule has 0 aliphatic carbocycles. The number of phenols is 1. The average molecular weight is 329 g/mol. The molecule has 0 saturated carbocycles. The van der Waals surface area contributed by atoms with Crippen molar-refractivity contribution >= 4 is 0 Å². The van der Waals surface area contributed by atoms with Crippen molar-refractivity contribution in [1.82, 2.24) is 15.0 Å². The molecule has 0 aliphatic heterocycles. The van der Waals surface area contributed by atoms with E-state index < -0.39 is 0 Å². The quantitative estimate of drug-likeness (QED) is 0.713. The molecule has 0 aliphatic rings. The summed E-state index contributed by atoms with van der Waals surface area (Å²) in [5.41, 5.74) is 0. The third kappa shape index (κ3) is 3.75. The third-order valence-corrected chi connectivity index (χ3v) is 3.75. The van der Waals surface area contributed by atoms with Crippen LogP contribution in [0.1, 0.15) is 18.9 Å². The molecule has 126 valence electrons. The number of hydrogen-bond acceptors (Lipinski definition) is 7. The van der Waals surface area contributed by atoms with Gasteiger partial charge in [0.15, 0.2) is 5.76 Å². The minimum Gasteiger partial charge on any atom is -0.508 e. The van der Waals surface area contributed by atoms with Gasteiger partial charge in [-0.15, -0.1) is 0 Å². The number of ether oxygens (including phenoxy) is 1. The Hall–Kier alpha value is -2.80. The van der Waals surface area contributed by atoms with Gasteiger partial charge in [-0.1, -0.05) is 5.16 Å². The number of hydrogen-bond donors (Lipinski definition) is 1. The van der Waals surface area contributed by atoms with Crippen molar-refractivity contribution in [2.75, 3.05) is 20.2 Å². The third-order valence-electron chi connectivity index (χ3n) is 3.75. The van der Waals surface area contributed by atoms with Crippen molar-refractivity contribution in [3.05, 3.63) is 48.6 Å². The Balaban J connectivity index is 1.53. The zero-order valence-electron chi connectivity index (χ0n) is 13.5. The standard InChI is InChI=1S/C17H19N3O4/c1-12(17-18-16(19-24-17)15-4-3-10-23-15)20(2)9-11-22-14-7-5-13(21)6-8-14/h3-8,10,12,21H,9,11H2,1-2H3. The Morgan fingerprint density at radius 3 is 2.75 bits per heavy atom. The van der Waals surface area contributed by atoms with Gasteiger partial charge in [0.05, 0.1) is 12.3 Å². The zero-order chi connectivity index (χ0) is 16.9. The van der Waals surface area contributed by atoms with Crippen LogP contribution in [0.5, 0.6) is 11.5 Å². The molecular formula is C17H19N3O4. The summed E-state index contributed by atoms with van der Waals surface area (Å²) in [6.45, 7) is 3.17. The van der Waals surface area contributed by atoms with Crippen molar-refractivity contribution < 1.29 is 18.8 Å². The number of likely N-dealkylation sites (N-methyl/N-ethyl adjacent to an activating group) is 1. The van der Waals surface area contributed by atoms with E-state index >= 15 is 0 Å². The number of furan rings is 1. The van der Waals surface area contributed by atoms with Gasteiger partial charge in [0, 0.05) is 6.54 Å². The van der Waals surface area contributed by atoms with E-state index in [1.54, 1.807) is 42.7 Å². The molecular weight excluding hydrogens is 310 g/mol. The van der Waals surface area contributed by atoms with Gasteiger partial charge in [-0.2, -0.15) is 4.98 Å². The van der Waals surface area contributed by atoms with Crippen LogP contribution in [0.15, 0.2) is 51.6 Å². The predicted molar refractivity (Wildman–Crippen MR) is 86.6 cm³/mol. The molecule has 0 saturated heterocycles. The number of phenolic OH excluding ortho intramolecular Hbond substituents is 1. The van der Waals surface area contributed by atoms with Crippen LogP contribution in [0.2, 0.25) is 0 Å². The van der Waals surface area contributed by atoms with E-state index in [4.69, 9.17) is 13.7 Å². The Bertz CT molecular complexity index is 753. The first-order valence-corrected chi connectivity index (χ1v) is 7.63. The van der Waals surface area contributed by atoms with Crippen LogP contribution >= 0.6 is 0 Å². The lowest BCUT2D eigenvalue weighted by Crippen LogP contribution is -2.27. The summed E-state index contributed by atoms with van der Waals surface area (Å²) >= 11 is 0. The largest absolute Gasteiger partial charge is 0.508 e. The maximum Gasteiger partial charge on any atom is 0.244 e. The second kappa shape index (κ2) is 7.18. The van der Waals surface area contributed by atoms with Crippen molar-refractivity contribution in [2.45, 2.75) is 13.0 Å². The normalized spacial score (nSPS) is 12.5. The fraction of sp³-hybridized carbons (Fsp3) is 0.294. The van der Waals surface area contributed by atoms with Gasteiger partial charge in [0.2, 0.25) is 11.7 Å². The first-order chi connectivity index (χ1) is 11.6. The maximum absolute atomic E-state index is 9.25. The second-order valence-corrected chi connectivity index (χ2v) is 5.43. The van der Waals surface area contributed by atoms with Crippen LogP contribution in [0.3, 0.4) is 0 Å². The first kappa shape index (κ1) is 16.1. The van der Waals surface area contributed by atoms with Gasteiger partial charge >= 0.3 is 0 Å². The highest BCUT2D eigenvalue weighted by molar-refractivity contribution is 5.44. The molecule has 0 spiro atoms. The summed E-state index contributed by atoms with van der Waals surface area (Å²) in [7, 11) is 1.96. The van der Waals surface area contributed by atoms with Gasteiger partial charge in [-0.25, -0.2) is 0 Å². The van der Waals surface area contributed by atoms with Gasteiger partial charge in [-0.3, -0.25) is 4.90 Å². The molecule has 7 nitrogen and oxygen atoms in total. The van der Waals surface area contributed by atoms with Crippen molar-refractivity contribution in [3.8, 4) is 23.1 Å². The summed E-state index contributed by atoms with van der Waals surface area (Å²) in [5, 5.41) is 13.2. The average Bonchev–Trinajstić information content (AvgIpc) is 3.27. The van der Waals surface area contributed by atoms with Gasteiger partial charge in [0.1, 0.15) is 18.1 Å². The van der Waals surface area contributed by atoms with E-state index in [1.807, 2.05) is 14.0 Å². The summed E-state index contributed by atoms with van der Waals surface area (Å²) in [5.74, 6) is 2.48. The fourth-order valence-electron chi connectivity index (χ4n) is 2.14. The van der Waals surface area contributed by atoms with Gasteiger partial charge < -0.3 is 18.8 Å². The summed E-state index contributed by atoms with van der Waals surface area (Å²) in [6.07, 6.45) is 1.57. The highest BCUT2D eigenvalue weighted by atomic mass is 16.5. The molecule has 1 N–H and O–H groups in total. The van der Waals surface area contributed by atoms with Crippen LogP contribution in [-0.2, 0) is 0 Å². The molecule has 7 heteroatoms. The molecule has 2 heterocycles. The van der Waals surface area contributed by atoms with E-state index in [2.05, 4.69) is 15.0 Å². The van der Waals surface area contributed by atoms with Gasteiger partial charge in [0.25, 0.3) is 0 Å². The minimum absolute atomic E-state index is 0.0513. The summed E-state index contributed by atoms with van der Waals surface area (Å²) in [4.78, 5) is 6.42. The van der Waals surface area contributed by atoms with Crippen LogP contribution in [0.25, 0.3) is 11.6 Å². The highest BCUT2D eigenvalue weighted by Crippen LogP contribution is 2.22. The van der Waals surface area contributed by atoms with Crippen LogP contribution < -0.4 is 4.74 Å². The maximum atomic E-state index is 9.25. The Morgan fingerprint density at radius 2 is 2.04 bits per heavy atom. The molecule has 1 aromatic carbocycles. The van der Waals surface area contributed by atoms with Crippen LogP contribution in [-0.4, -0.2) is 40.3 Å². The van der Waals surface area contributed by atoms with E-state index in [0.29, 0.717) is 36.4 Å². The van der Waals surface area contributed by atoms with Crippen LogP contribution in [0.4, 0.5) is 0 Å². The molecule has 3 aromatic rings. The first-order valence-electron chi connectivity index (χ1n) is 7.63. The predicted octanol–water partition coefficient (Wildman–Crippen LogP) is 3.11.